The van der Waals surface area contributed by atoms with E-state index >= 15 is 0 Å². The minimum Gasteiger partial charge on any atom is -0.352 e. The Balaban J connectivity index is 1.21. The Morgan fingerprint density at radius 2 is 1.71 bits per heavy atom. The highest BCUT2D eigenvalue weighted by atomic mass is 16.1. The first-order chi connectivity index (χ1) is 15.2. The Morgan fingerprint density at radius 1 is 0.968 bits per heavy atom. The van der Waals surface area contributed by atoms with E-state index in [0.717, 1.165) is 38.9 Å². The van der Waals surface area contributed by atoms with Crippen molar-refractivity contribution in [2.75, 3.05) is 32.7 Å². The van der Waals surface area contributed by atoms with Crippen molar-refractivity contribution in [3.63, 3.8) is 0 Å². The van der Waals surface area contributed by atoms with E-state index in [2.05, 4.69) is 64.5 Å². The number of nitrogens with zero attached hydrogens (tertiary/aromatic N) is 2. The largest absolute Gasteiger partial charge is 0.352 e. The lowest BCUT2D eigenvalue weighted by atomic mass is 9.93. The minimum absolute atomic E-state index is 0.133. The van der Waals surface area contributed by atoms with E-state index in [4.69, 9.17) is 0 Å². The molecule has 2 aliphatic heterocycles. The topological polar surface area (TPSA) is 35.6 Å². The molecule has 2 aromatic carbocycles. The number of benzene rings is 2. The quantitative estimate of drug-likeness (QED) is 0.736. The van der Waals surface area contributed by atoms with Gasteiger partial charge in [-0.3, -0.25) is 9.69 Å². The van der Waals surface area contributed by atoms with Crippen LogP contribution in [-0.2, 0) is 17.8 Å². The smallest absolute Gasteiger partial charge is 0.224 e. The normalized spacial score (nSPS) is 21.1. The molecule has 31 heavy (non-hydrogen) atoms. The third kappa shape index (κ3) is 6.18. The molecule has 0 saturated carbocycles. The lowest BCUT2D eigenvalue weighted by Crippen LogP contribution is -2.50. The number of amides is 1. The Morgan fingerprint density at radius 3 is 2.48 bits per heavy atom. The standard InChI is InChI=1S/C27H37N3O/c1-22-8-5-6-11-24(22)20-28-27(31)25-12-7-16-30(21-25)26-14-18-29(19-15-26)17-13-23-9-3-2-4-10-23/h2-6,8-11,25-26H,7,12-21H2,1H3,(H,28,31)/t25-/m1/s1. The first-order valence-electron chi connectivity index (χ1n) is 12.0. The maximum Gasteiger partial charge on any atom is 0.224 e. The van der Waals surface area contributed by atoms with E-state index in [0.29, 0.717) is 12.6 Å². The summed E-state index contributed by atoms with van der Waals surface area (Å²) in [5.41, 5.74) is 3.89. The molecule has 0 aromatic heterocycles. The summed E-state index contributed by atoms with van der Waals surface area (Å²) < 4.78 is 0. The highest BCUT2D eigenvalue weighted by Gasteiger charge is 2.31. The molecule has 2 fully saturated rings. The summed E-state index contributed by atoms with van der Waals surface area (Å²) in [6.45, 7) is 8.33. The van der Waals surface area contributed by atoms with Gasteiger partial charge < -0.3 is 10.2 Å². The summed E-state index contributed by atoms with van der Waals surface area (Å²) in [4.78, 5) is 18.1. The van der Waals surface area contributed by atoms with Gasteiger partial charge in [-0.1, -0.05) is 54.6 Å². The van der Waals surface area contributed by atoms with Crippen LogP contribution in [0.1, 0.15) is 42.4 Å². The van der Waals surface area contributed by atoms with Gasteiger partial charge in [0.05, 0.1) is 5.92 Å². The molecule has 2 aliphatic rings. The Labute approximate surface area is 187 Å². The van der Waals surface area contributed by atoms with Crippen molar-refractivity contribution in [1.82, 2.24) is 15.1 Å². The summed E-state index contributed by atoms with van der Waals surface area (Å²) in [5, 5.41) is 3.20. The second-order valence-electron chi connectivity index (χ2n) is 9.29. The van der Waals surface area contributed by atoms with Crippen LogP contribution in [0, 0.1) is 12.8 Å². The molecule has 0 unspecified atom stereocenters. The van der Waals surface area contributed by atoms with Gasteiger partial charge in [0.25, 0.3) is 0 Å². The average Bonchev–Trinajstić information content (AvgIpc) is 2.83. The van der Waals surface area contributed by atoms with Gasteiger partial charge in [0.1, 0.15) is 0 Å². The van der Waals surface area contributed by atoms with Crippen LogP contribution < -0.4 is 5.32 Å². The molecule has 166 valence electrons. The van der Waals surface area contributed by atoms with E-state index in [1.165, 1.54) is 42.6 Å². The molecule has 0 spiro atoms. The van der Waals surface area contributed by atoms with Crippen molar-refractivity contribution < 1.29 is 4.79 Å². The summed E-state index contributed by atoms with van der Waals surface area (Å²) in [6, 6.07) is 19.7. The van der Waals surface area contributed by atoms with Gasteiger partial charge in [-0.05, 0) is 75.4 Å². The number of likely N-dealkylation sites (tertiary alicyclic amines) is 2. The second kappa shape index (κ2) is 10.9. The van der Waals surface area contributed by atoms with Gasteiger partial charge in [-0.2, -0.15) is 0 Å². The summed E-state index contributed by atoms with van der Waals surface area (Å²) in [7, 11) is 0. The van der Waals surface area contributed by atoms with E-state index < -0.39 is 0 Å². The van der Waals surface area contributed by atoms with E-state index in [-0.39, 0.29) is 11.8 Å². The van der Waals surface area contributed by atoms with Gasteiger partial charge >= 0.3 is 0 Å². The van der Waals surface area contributed by atoms with Gasteiger partial charge in [0.15, 0.2) is 0 Å². The van der Waals surface area contributed by atoms with Crippen molar-refractivity contribution in [3.05, 3.63) is 71.3 Å². The van der Waals surface area contributed by atoms with Gasteiger partial charge in [0, 0.05) is 25.7 Å². The molecule has 2 heterocycles. The van der Waals surface area contributed by atoms with Crippen LogP contribution in [0.15, 0.2) is 54.6 Å². The van der Waals surface area contributed by atoms with Crippen LogP contribution in [0.3, 0.4) is 0 Å². The van der Waals surface area contributed by atoms with Gasteiger partial charge in [0.2, 0.25) is 5.91 Å². The molecule has 4 nitrogen and oxygen atoms in total. The number of nitrogens with one attached hydrogen (secondary N) is 1. The van der Waals surface area contributed by atoms with Crippen molar-refractivity contribution in [3.8, 4) is 0 Å². The highest BCUT2D eigenvalue weighted by Crippen LogP contribution is 2.24. The fourth-order valence-electron chi connectivity index (χ4n) is 5.13. The zero-order valence-corrected chi connectivity index (χ0v) is 18.9. The molecule has 2 saturated heterocycles. The molecule has 4 rings (SSSR count). The van der Waals surface area contributed by atoms with Crippen LogP contribution >= 0.6 is 0 Å². The Kier molecular flexibility index (Phi) is 7.76. The molecule has 1 N–H and O–H groups in total. The number of carbonyl (C=O) groups is 1. The summed E-state index contributed by atoms with van der Waals surface area (Å²) in [6.07, 6.45) is 5.75. The Hall–Kier alpha value is -2.17. The maximum absolute atomic E-state index is 12.8. The van der Waals surface area contributed by atoms with Crippen molar-refractivity contribution in [2.45, 2.75) is 51.6 Å². The number of aryl methyl sites for hydroxylation is 1. The molecular formula is C27H37N3O. The molecule has 1 atom stereocenters. The number of rotatable bonds is 7. The second-order valence-corrected chi connectivity index (χ2v) is 9.29. The molecule has 0 bridgehead atoms. The maximum atomic E-state index is 12.8. The lowest BCUT2D eigenvalue weighted by molar-refractivity contribution is -0.127. The zero-order valence-electron chi connectivity index (χ0n) is 18.9. The lowest BCUT2D eigenvalue weighted by Gasteiger charge is -2.42. The van der Waals surface area contributed by atoms with Crippen LogP contribution in [0.2, 0.25) is 0 Å². The number of carbonyl (C=O) groups excluding carboxylic acids is 1. The predicted molar refractivity (Wildman–Crippen MR) is 127 cm³/mol. The molecule has 4 heteroatoms. The Bertz CT molecular complexity index is 829. The van der Waals surface area contributed by atoms with E-state index in [9.17, 15) is 4.79 Å². The molecule has 0 aliphatic carbocycles. The number of piperidine rings is 2. The van der Waals surface area contributed by atoms with Gasteiger partial charge in [-0.25, -0.2) is 0 Å². The molecule has 1 amide bonds. The van der Waals surface area contributed by atoms with E-state index in [1.54, 1.807) is 0 Å². The van der Waals surface area contributed by atoms with Crippen molar-refractivity contribution in [1.29, 1.82) is 0 Å². The van der Waals surface area contributed by atoms with E-state index in [1.807, 2.05) is 12.1 Å². The summed E-state index contributed by atoms with van der Waals surface area (Å²) >= 11 is 0. The molecular weight excluding hydrogens is 382 g/mol. The third-order valence-corrected chi connectivity index (χ3v) is 7.17. The first-order valence-corrected chi connectivity index (χ1v) is 12.0. The van der Waals surface area contributed by atoms with Crippen LogP contribution in [-0.4, -0.2) is 54.5 Å². The monoisotopic (exact) mass is 419 g/mol. The number of hydrogen-bond acceptors (Lipinski definition) is 3. The summed E-state index contributed by atoms with van der Waals surface area (Å²) in [5.74, 6) is 0.363. The minimum atomic E-state index is 0.133. The predicted octanol–water partition coefficient (Wildman–Crippen LogP) is 4.03. The average molecular weight is 420 g/mol. The zero-order chi connectivity index (χ0) is 21.5. The fraction of sp³-hybridized carbons (Fsp3) is 0.519. The highest BCUT2D eigenvalue weighted by molar-refractivity contribution is 5.79. The van der Waals surface area contributed by atoms with Crippen LogP contribution in [0.25, 0.3) is 0 Å². The first kappa shape index (κ1) is 22.0. The van der Waals surface area contributed by atoms with Crippen molar-refractivity contribution >= 4 is 5.91 Å². The SMILES string of the molecule is Cc1ccccc1CNC(=O)[C@@H]1CCCN(C2CCN(CCc3ccccc3)CC2)C1. The number of hydrogen-bond donors (Lipinski definition) is 1. The van der Waals surface area contributed by atoms with Gasteiger partial charge in [-0.15, -0.1) is 0 Å². The molecule has 2 aromatic rings. The third-order valence-electron chi connectivity index (χ3n) is 7.17. The molecule has 0 radical (unpaired) electrons. The van der Waals surface area contributed by atoms with Crippen LogP contribution in [0.4, 0.5) is 0 Å². The van der Waals surface area contributed by atoms with Crippen LogP contribution in [0.5, 0.6) is 0 Å². The van der Waals surface area contributed by atoms with Crippen molar-refractivity contribution in [2.24, 2.45) is 5.92 Å². The fourth-order valence-corrected chi connectivity index (χ4v) is 5.13.